The lowest BCUT2D eigenvalue weighted by atomic mass is 9.92. The molecule has 0 radical (unpaired) electrons. The second-order valence-corrected chi connectivity index (χ2v) is 5.93. The standard InChI is InChI=1S/C14H21N3S/c1-5-11(10(4)15-6-2)13-12-7-9(3)18-14(12)17-8-16-13/h7-8,10-11,15H,5-6H2,1-4H3. The molecule has 2 aromatic rings. The van der Waals surface area contributed by atoms with E-state index < -0.39 is 0 Å². The van der Waals surface area contributed by atoms with Crippen LogP contribution < -0.4 is 5.32 Å². The van der Waals surface area contributed by atoms with Crippen LogP contribution in [0.5, 0.6) is 0 Å². The van der Waals surface area contributed by atoms with E-state index >= 15 is 0 Å². The Hall–Kier alpha value is -1.00. The summed E-state index contributed by atoms with van der Waals surface area (Å²) in [6.45, 7) is 9.74. The Morgan fingerprint density at radius 3 is 2.78 bits per heavy atom. The lowest BCUT2D eigenvalue weighted by Gasteiger charge is -2.23. The van der Waals surface area contributed by atoms with Crippen molar-refractivity contribution < 1.29 is 0 Å². The smallest absolute Gasteiger partial charge is 0.127 e. The van der Waals surface area contributed by atoms with E-state index in [2.05, 4.69) is 49.0 Å². The van der Waals surface area contributed by atoms with E-state index in [-0.39, 0.29) is 0 Å². The first-order valence-corrected chi connectivity index (χ1v) is 7.43. The van der Waals surface area contributed by atoms with Gasteiger partial charge in [0.05, 0.1) is 5.69 Å². The van der Waals surface area contributed by atoms with Crippen LogP contribution in [0.4, 0.5) is 0 Å². The number of nitrogens with zero attached hydrogens (tertiary/aromatic N) is 2. The highest BCUT2D eigenvalue weighted by atomic mass is 32.1. The van der Waals surface area contributed by atoms with Crippen molar-refractivity contribution in [2.45, 2.75) is 46.1 Å². The highest BCUT2D eigenvalue weighted by molar-refractivity contribution is 7.18. The summed E-state index contributed by atoms with van der Waals surface area (Å²) in [5.41, 5.74) is 1.19. The van der Waals surface area contributed by atoms with Crippen molar-refractivity contribution in [3.05, 3.63) is 23.0 Å². The van der Waals surface area contributed by atoms with Crippen molar-refractivity contribution in [1.29, 1.82) is 0 Å². The van der Waals surface area contributed by atoms with Gasteiger partial charge in [-0.2, -0.15) is 0 Å². The molecule has 0 saturated heterocycles. The van der Waals surface area contributed by atoms with Crippen LogP contribution in [-0.2, 0) is 0 Å². The Morgan fingerprint density at radius 2 is 2.11 bits per heavy atom. The summed E-state index contributed by atoms with van der Waals surface area (Å²) in [4.78, 5) is 11.3. The third kappa shape index (κ3) is 2.54. The summed E-state index contributed by atoms with van der Waals surface area (Å²) >= 11 is 1.75. The summed E-state index contributed by atoms with van der Waals surface area (Å²) in [5, 5.41) is 4.74. The number of thiophene rings is 1. The molecule has 2 heterocycles. The topological polar surface area (TPSA) is 37.8 Å². The van der Waals surface area contributed by atoms with Gasteiger partial charge in [-0.1, -0.05) is 13.8 Å². The number of rotatable bonds is 5. The van der Waals surface area contributed by atoms with Gasteiger partial charge in [-0.3, -0.25) is 0 Å². The number of nitrogens with one attached hydrogen (secondary N) is 1. The Kier molecular flexibility index (Phi) is 4.30. The van der Waals surface area contributed by atoms with Crippen molar-refractivity contribution in [3.8, 4) is 0 Å². The van der Waals surface area contributed by atoms with Crippen LogP contribution >= 0.6 is 11.3 Å². The Bertz CT molecular complexity index is 521. The fraction of sp³-hybridized carbons (Fsp3) is 0.571. The number of hydrogen-bond acceptors (Lipinski definition) is 4. The minimum Gasteiger partial charge on any atom is -0.314 e. The molecule has 0 bridgehead atoms. The van der Waals surface area contributed by atoms with Crippen LogP contribution in [0.15, 0.2) is 12.4 Å². The average Bonchev–Trinajstić information content (AvgIpc) is 2.71. The fourth-order valence-electron chi connectivity index (χ4n) is 2.54. The highest BCUT2D eigenvalue weighted by Crippen LogP contribution is 2.31. The van der Waals surface area contributed by atoms with Crippen LogP contribution in [0.25, 0.3) is 10.2 Å². The van der Waals surface area contributed by atoms with Gasteiger partial charge in [-0.05, 0) is 32.9 Å². The first kappa shape index (κ1) is 13.4. The van der Waals surface area contributed by atoms with Gasteiger partial charge in [-0.15, -0.1) is 11.3 Å². The normalized spacial score (nSPS) is 14.9. The maximum absolute atomic E-state index is 4.55. The molecule has 0 aliphatic carbocycles. The molecule has 1 N–H and O–H groups in total. The molecule has 2 unspecified atom stereocenters. The first-order valence-electron chi connectivity index (χ1n) is 6.61. The number of aromatic nitrogens is 2. The van der Waals surface area contributed by atoms with E-state index in [0.717, 1.165) is 17.8 Å². The molecule has 2 aromatic heterocycles. The minimum absolute atomic E-state index is 0.443. The van der Waals surface area contributed by atoms with Crippen molar-refractivity contribution in [1.82, 2.24) is 15.3 Å². The molecule has 0 aliphatic rings. The third-order valence-corrected chi connectivity index (χ3v) is 4.36. The Morgan fingerprint density at radius 1 is 1.33 bits per heavy atom. The van der Waals surface area contributed by atoms with Gasteiger partial charge < -0.3 is 5.32 Å². The lowest BCUT2D eigenvalue weighted by Crippen LogP contribution is -2.32. The fourth-order valence-corrected chi connectivity index (χ4v) is 3.39. The molecule has 2 rings (SSSR count). The third-order valence-electron chi connectivity index (χ3n) is 3.40. The monoisotopic (exact) mass is 263 g/mol. The van der Waals surface area contributed by atoms with E-state index in [1.54, 1.807) is 17.7 Å². The van der Waals surface area contributed by atoms with Gasteiger partial charge >= 0.3 is 0 Å². The molecule has 0 saturated carbocycles. The van der Waals surface area contributed by atoms with Crippen molar-refractivity contribution in [3.63, 3.8) is 0 Å². The molecule has 0 spiro atoms. The van der Waals surface area contributed by atoms with Crippen LogP contribution in [0, 0.1) is 6.92 Å². The molecule has 4 heteroatoms. The molecule has 2 atom stereocenters. The molecule has 18 heavy (non-hydrogen) atoms. The van der Waals surface area contributed by atoms with E-state index in [9.17, 15) is 0 Å². The number of fused-ring (bicyclic) bond motifs is 1. The molecule has 98 valence electrons. The van der Waals surface area contributed by atoms with Crippen molar-refractivity contribution in [2.24, 2.45) is 0 Å². The SMILES string of the molecule is CCNC(C)C(CC)c1ncnc2sc(C)cc12. The van der Waals surface area contributed by atoms with Crippen LogP contribution in [0.3, 0.4) is 0 Å². The second-order valence-electron chi connectivity index (χ2n) is 4.70. The summed E-state index contributed by atoms with van der Waals surface area (Å²) in [7, 11) is 0. The van der Waals surface area contributed by atoms with Crippen molar-refractivity contribution in [2.75, 3.05) is 6.54 Å². The lowest BCUT2D eigenvalue weighted by molar-refractivity contribution is 0.455. The predicted octanol–water partition coefficient (Wildman–Crippen LogP) is 3.49. The van der Waals surface area contributed by atoms with Crippen LogP contribution in [0.2, 0.25) is 0 Å². The molecule has 0 amide bonds. The molecular formula is C14H21N3S. The summed E-state index contributed by atoms with van der Waals surface area (Å²) in [6.07, 6.45) is 2.80. The quantitative estimate of drug-likeness (QED) is 0.897. The van der Waals surface area contributed by atoms with Gasteiger partial charge in [0.1, 0.15) is 11.2 Å². The molecule has 0 aromatic carbocycles. The van der Waals surface area contributed by atoms with Crippen LogP contribution in [-0.4, -0.2) is 22.6 Å². The summed E-state index contributed by atoms with van der Waals surface area (Å²) in [5.74, 6) is 0.449. The highest BCUT2D eigenvalue weighted by Gasteiger charge is 2.21. The maximum Gasteiger partial charge on any atom is 0.127 e. The Labute approximate surface area is 113 Å². The van der Waals surface area contributed by atoms with Gasteiger partial charge in [0.15, 0.2) is 0 Å². The van der Waals surface area contributed by atoms with Gasteiger partial charge in [0.2, 0.25) is 0 Å². The van der Waals surface area contributed by atoms with Crippen LogP contribution in [0.1, 0.15) is 43.7 Å². The van der Waals surface area contributed by atoms with E-state index in [1.165, 1.54) is 16.0 Å². The number of likely N-dealkylation sites (N-methyl/N-ethyl adjacent to an activating group) is 1. The molecule has 0 aliphatic heterocycles. The summed E-state index contributed by atoms with van der Waals surface area (Å²) in [6, 6.07) is 2.66. The van der Waals surface area contributed by atoms with Crippen molar-refractivity contribution >= 4 is 21.6 Å². The first-order chi connectivity index (χ1) is 8.67. The average molecular weight is 263 g/mol. The van der Waals surface area contributed by atoms with Gasteiger partial charge in [0, 0.05) is 22.2 Å². The molecule has 0 fully saturated rings. The number of aryl methyl sites for hydroxylation is 1. The van der Waals surface area contributed by atoms with Gasteiger partial charge in [-0.25, -0.2) is 9.97 Å². The van der Waals surface area contributed by atoms with Gasteiger partial charge in [0.25, 0.3) is 0 Å². The number of hydrogen-bond donors (Lipinski definition) is 1. The minimum atomic E-state index is 0.443. The van der Waals surface area contributed by atoms with E-state index in [4.69, 9.17) is 0 Å². The summed E-state index contributed by atoms with van der Waals surface area (Å²) < 4.78 is 0. The molecular weight excluding hydrogens is 242 g/mol. The zero-order chi connectivity index (χ0) is 13.1. The Balaban J connectivity index is 2.44. The van der Waals surface area contributed by atoms with E-state index in [1.807, 2.05) is 0 Å². The zero-order valence-corrected chi connectivity index (χ0v) is 12.3. The predicted molar refractivity (Wildman–Crippen MR) is 78.3 cm³/mol. The second kappa shape index (κ2) is 5.76. The van der Waals surface area contributed by atoms with E-state index in [0.29, 0.717) is 12.0 Å². The molecule has 3 nitrogen and oxygen atoms in total. The maximum atomic E-state index is 4.55. The zero-order valence-electron chi connectivity index (χ0n) is 11.5. The largest absolute Gasteiger partial charge is 0.314 e.